The molecule has 0 atom stereocenters. The molecule has 72 valence electrons. The smallest absolute Gasteiger partial charge is 0.315 e. The molecule has 0 aliphatic rings. The monoisotopic (exact) mass is 192 g/mol. The van der Waals surface area contributed by atoms with Gasteiger partial charge in [-0.15, -0.1) is 0 Å². The Labute approximate surface area is 80.2 Å². The van der Waals surface area contributed by atoms with Crippen molar-refractivity contribution < 1.29 is 15.0 Å². The summed E-state index contributed by atoms with van der Waals surface area (Å²) >= 11 is 0. The topological polar surface area (TPSA) is 96.4 Å². The standard InChI is InChI=1S/C9H8N2O3/c10-9-7(12)4-6(5-11-9)2-1-3-8(13)14/h4-5,12H,3H2,(H2,10,11)(H,13,14). The van der Waals surface area contributed by atoms with Crippen LogP contribution in [0.2, 0.25) is 0 Å². The first-order chi connectivity index (χ1) is 6.59. The number of carbonyl (C=O) groups is 1. The van der Waals surface area contributed by atoms with Gasteiger partial charge in [0.05, 0.1) is 0 Å². The van der Waals surface area contributed by atoms with Gasteiger partial charge < -0.3 is 15.9 Å². The lowest BCUT2D eigenvalue weighted by Gasteiger charge is -1.96. The van der Waals surface area contributed by atoms with Crippen molar-refractivity contribution in [3.05, 3.63) is 17.8 Å². The molecule has 1 aromatic rings. The van der Waals surface area contributed by atoms with Crippen LogP contribution in [0.1, 0.15) is 12.0 Å². The number of aromatic nitrogens is 1. The van der Waals surface area contributed by atoms with Gasteiger partial charge in [-0.25, -0.2) is 4.98 Å². The van der Waals surface area contributed by atoms with Crippen molar-refractivity contribution in [1.29, 1.82) is 0 Å². The molecule has 1 rings (SSSR count). The summed E-state index contributed by atoms with van der Waals surface area (Å²) in [6.07, 6.45) is 1.12. The fourth-order valence-electron chi connectivity index (χ4n) is 0.754. The van der Waals surface area contributed by atoms with Gasteiger partial charge in [0.25, 0.3) is 0 Å². The van der Waals surface area contributed by atoms with E-state index in [0.717, 1.165) is 0 Å². The van der Waals surface area contributed by atoms with E-state index < -0.39 is 5.97 Å². The minimum atomic E-state index is -0.995. The van der Waals surface area contributed by atoms with Gasteiger partial charge in [-0.3, -0.25) is 4.79 Å². The SMILES string of the molecule is Nc1ncc(C#CCC(=O)O)cc1O. The van der Waals surface area contributed by atoms with E-state index in [2.05, 4.69) is 16.8 Å². The minimum Gasteiger partial charge on any atom is -0.504 e. The van der Waals surface area contributed by atoms with Crippen molar-refractivity contribution in [3.8, 4) is 17.6 Å². The highest BCUT2D eigenvalue weighted by molar-refractivity contribution is 5.70. The number of aliphatic carboxylic acids is 1. The molecule has 0 aromatic carbocycles. The van der Waals surface area contributed by atoms with Crippen molar-refractivity contribution in [2.45, 2.75) is 6.42 Å². The van der Waals surface area contributed by atoms with Crippen molar-refractivity contribution in [2.24, 2.45) is 0 Å². The first kappa shape index (κ1) is 9.86. The van der Waals surface area contributed by atoms with Crippen LogP contribution >= 0.6 is 0 Å². The zero-order valence-electron chi connectivity index (χ0n) is 7.19. The van der Waals surface area contributed by atoms with E-state index in [1.807, 2.05) is 0 Å². The predicted molar refractivity (Wildman–Crippen MR) is 49.4 cm³/mol. The van der Waals surface area contributed by atoms with Crippen molar-refractivity contribution in [3.63, 3.8) is 0 Å². The van der Waals surface area contributed by atoms with Crippen molar-refractivity contribution in [2.75, 3.05) is 5.73 Å². The van der Waals surface area contributed by atoms with Crippen LogP contribution in [0, 0.1) is 11.8 Å². The number of pyridine rings is 1. The third kappa shape index (κ3) is 2.68. The maximum atomic E-state index is 10.1. The van der Waals surface area contributed by atoms with Crippen LogP contribution in [-0.2, 0) is 4.79 Å². The van der Waals surface area contributed by atoms with E-state index >= 15 is 0 Å². The Kier molecular flexibility index (Phi) is 2.92. The highest BCUT2D eigenvalue weighted by Gasteiger charge is 1.97. The normalized spacial score (nSPS) is 8.86. The van der Waals surface area contributed by atoms with E-state index in [1.54, 1.807) is 0 Å². The molecule has 0 saturated heterocycles. The Bertz CT molecular complexity index is 418. The summed E-state index contributed by atoms with van der Waals surface area (Å²) in [5, 5.41) is 17.4. The molecule has 1 heterocycles. The Morgan fingerprint density at radius 3 is 2.93 bits per heavy atom. The first-order valence-corrected chi connectivity index (χ1v) is 3.74. The van der Waals surface area contributed by atoms with Crippen molar-refractivity contribution in [1.82, 2.24) is 4.98 Å². The van der Waals surface area contributed by atoms with Gasteiger partial charge in [-0.2, -0.15) is 0 Å². The Morgan fingerprint density at radius 1 is 1.64 bits per heavy atom. The number of nitrogens with zero attached hydrogens (tertiary/aromatic N) is 1. The maximum absolute atomic E-state index is 10.1. The molecular formula is C9H8N2O3. The second-order valence-electron chi connectivity index (χ2n) is 2.50. The Hall–Kier alpha value is -2.22. The molecule has 0 unspecified atom stereocenters. The van der Waals surface area contributed by atoms with Crippen LogP contribution in [0.4, 0.5) is 5.82 Å². The van der Waals surface area contributed by atoms with E-state index in [-0.39, 0.29) is 18.0 Å². The second kappa shape index (κ2) is 4.14. The fourth-order valence-corrected chi connectivity index (χ4v) is 0.754. The molecule has 1 aromatic heterocycles. The largest absolute Gasteiger partial charge is 0.504 e. The van der Waals surface area contributed by atoms with Gasteiger partial charge >= 0.3 is 5.97 Å². The number of hydrogen-bond donors (Lipinski definition) is 3. The minimum absolute atomic E-state index is 0.0220. The highest BCUT2D eigenvalue weighted by Crippen LogP contribution is 2.16. The third-order valence-electron chi connectivity index (χ3n) is 1.37. The Morgan fingerprint density at radius 2 is 2.36 bits per heavy atom. The van der Waals surface area contributed by atoms with Gasteiger partial charge in [-0.1, -0.05) is 11.8 Å². The predicted octanol–water partition coefficient (Wildman–Crippen LogP) is 0.196. The third-order valence-corrected chi connectivity index (χ3v) is 1.37. The van der Waals surface area contributed by atoms with Crippen LogP contribution in [0.25, 0.3) is 0 Å². The number of carboxylic acid groups (broad SMARTS) is 1. The van der Waals surface area contributed by atoms with E-state index in [1.165, 1.54) is 12.3 Å². The lowest BCUT2D eigenvalue weighted by Crippen LogP contribution is -1.92. The summed E-state index contributed by atoms with van der Waals surface area (Å²) in [6.45, 7) is 0. The average Bonchev–Trinajstić information content (AvgIpc) is 2.10. The number of anilines is 1. The number of rotatable bonds is 1. The molecule has 0 fully saturated rings. The molecule has 0 spiro atoms. The first-order valence-electron chi connectivity index (χ1n) is 3.74. The van der Waals surface area contributed by atoms with E-state index in [0.29, 0.717) is 5.56 Å². The van der Waals surface area contributed by atoms with Gasteiger partial charge in [0.15, 0.2) is 11.6 Å². The highest BCUT2D eigenvalue weighted by atomic mass is 16.4. The van der Waals surface area contributed by atoms with Gasteiger partial charge in [0.2, 0.25) is 0 Å². The maximum Gasteiger partial charge on any atom is 0.315 e. The van der Waals surface area contributed by atoms with Crippen LogP contribution in [0.5, 0.6) is 5.75 Å². The van der Waals surface area contributed by atoms with Crippen LogP contribution in [0.15, 0.2) is 12.3 Å². The quantitative estimate of drug-likeness (QED) is 0.552. The lowest BCUT2D eigenvalue weighted by molar-refractivity contribution is -0.135. The molecule has 0 amide bonds. The molecule has 0 aliphatic heterocycles. The number of nitrogen functional groups attached to an aromatic ring is 1. The summed E-state index contributed by atoms with van der Waals surface area (Å²) in [7, 11) is 0. The van der Waals surface area contributed by atoms with Crippen LogP contribution < -0.4 is 5.73 Å². The molecule has 4 N–H and O–H groups in total. The molecule has 0 radical (unpaired) electrons. The molecule has 14 heavy (non-hydrogen) atoms. The van der Waals surface area contributed by atoms with Crippen LogP contribution in [0.3, 0.4) is 0 Å². The number of nitrogens with two attached hydrogens (primary N) is 1. The summed E-state index contributed by atoms with van der Waals surface area (Å²) in [6, 6.07) is 1.33. The number of carboxylic acids is 1. The Balaban J connectivity index is 2.81. The molecule has 0 saturated carbocycles. The van der Waals surface area contributed by atoms with Crippen molar-refractivity contribution >= 4 is 11.8 Å². The zero-order chi connectivity index (χ0) is 10.6. The fraction of sp³-hybridized carbons (Fsp3) is 0.111. The second-order valence-corrected chi connectivity index (χ2v) is 2.50. The number of aromatic hydroxyl groups is 1. The molecule has 0 aliphatic carbocycles. The zero-order valence-corrected chi connectivity index (χ0v) is 7.19. The summed E-state index contributed by atoms with van der Waals surface area (Å²) in [4.78, 5) is 13.8. The summed E-state index contributed by atoms with van der Waals surface area (Å²) < 4.78 is 0. The number of hydrogen-bond acceptors (Lipinski definition) is 4. The van der Waals surface area contributed by atoms with E-state index in [9.17, 15) is 4.79 Å². The summed E-state index contributed by atoms with van der Waals surface area (Å²) in [5.41, 5.74) is 5.69. The molecule has 0 bridgehead atoms. The average molecular weight is 192 g/mol. The van der Waals surface area contributed by atoms with E-state index in [4.69, 9.17) is 15.9 Å². The summed E-state index contributed by atoms with van der Waals surface area (Å²) in [5.74, 6) is 3.81. The lowest BCUT2D eigenvalue weighted by atomic mass is 10.2. The van der Waals surface area contributed by atoms with Gasteiger partial charge in [-0.05, 0) is 0 Å². The molecule has 5 nitrogen and oxygen atoms in total. The van der Waals surface area contributed by atoms with Crippen LogP contribution in [-0.4, -0.2) is 21.2 Å². The van der Waals surface area contributed by atoms with Gasteiger partial charge in [0, 0.05) is 17.8 Å². The molecular weight excluding hydrogens is 184 g/mol. The van der Waals surface area contributed by atoms with Gasteiger partial charge in [0.1, 0.15) is 6.42 Å². The molecule has 5 heteroatoms.